The minimum Gasteiger partial charge on any atom is -0.307 e. The molecule has 80 valence electrons. The third kappa shape index (κ3) is 1.66. The number of allylic oxidation sites excluding steroid dienone is 1. The Labute approximate surface area is 95.2 Å². The number of hydrogen-bond acceptors (Lipinski definition) is 2. The van der Waals surface area contributed by atoms with Gasteiger partial charge in [-0.15, -0.1) is 0 Å². The monoisotopic (exact) mass is 219 g/mol. The highest BCUT2D eigenvalue weighted by Gasteiger charge is 2.41. The molecule has 2 heteroatoms. The summed E-state index contributed by atoms with van der Waals surface area (Å²) in [5.74, 6) is 1.78. The number of rotatable bonds is 3. The number of nitrogens with one attached hydrogen (secondary N) is 1. The first kappa shape index (κ1) is 9.61. The van der Waals surface area contributed by atoms with E-state index in [1.807, 2.05) is 0 Å². The molecule has 1 aromatic rings. The van der Waals surface area contributed by atoms with Crippen molar-refractivity contribution in [3.8, 4) is 0 Å². The van der Waals surface area contributed by atoms with E-state index < -0.39 is 0 Å². The molecule has 1 fully saturated rings. The van der Waals surface area contributed by atoms with Gasteiger partial charge in [0.15, 0.2) is 0 Å². The van der Waals surface area contributed by atoms with Crippen LogP contribution in [0, 0.1) is 11.8 Å². The highest BCUT2D eigenvalue weighted by atomic mass is 32.1. The maximum absolute atomic E-state index is 3.75. The van der Waals surface area contributed by atoms with Crippen molar-refractivity contribution in [2.45, 2.75) is 31.8 Å². The second-order valence-electron chi connectivity index (χ2n) is 4.79. The number of thiophene rings is 1. The fourth-order valence-corrected chi connectivity index (χ4v) is 3.60. The molecular formula is C13H17NS. The van der Waals surface area contributed by atoms with Gasteiger partial charge in [0.2, 0.25) is 0 Å². The van der Waals surface area contributed by atoms with Crippen molar-refractivity contribution >= 4 is 11.3 Å². The third-order valence-electron chi connectivity index (χ3n) is 3.87. The molecule has 1 aromatic heterocycles. The van der Waals surface area contributed by atoms with E-state index in [0.717, 1.165) is 17.9 Å². The van der Waals surface area contributed by atoms with E-state index in [0.29, 0.717) is 6.04 Å². The van der Waals surface area contributed by atoms with Crippen LogP contribution < -0.4 is 5.32 Å². The Bertz CT molecular complexity index is 355. The van der Waals surface area contributed by atoms with E-state index >= 15 is 0 Å². The van der Waals surface area contributed by atoms with Crippen molar-refractivity contribution in [2.75, 3.05) is 0 Å². The molecule has 2 aliphatic rings. The zero-order chi connectivity index (χ0) is 10.3. The summed E-state index contributed by atoms with van der Waals surface area (Å²) in [4.78, 5) is 0. The van der Waals surface area contributed by atoms with Gasteiger partial charge in [-0.05, 0) is 54.0 Å². The SMILES string of the molecule is CC(NC1CC2CC=CC21)c1ccsc1. The molecule has 2 aliphatic carbocycles. The zero-order valence-electron chi connectivity index (χ0n) is 9.02. The first-order valence-corrected chi connectivity index (χ1v) is 6.73. The Morgan fingerprint density at radius 1 is 1.53 bits per heavy atom. The van der Waals surface area contributed by atoms with Crippen LogP contribution in [0.2, 0.25) is 0 Å². The molecule has 15 heavy (non-hydrogen) atoms. The van der Waals surface area contributed by atoms with Crippen LogP contribution in [0.3, 0.4) is 0 Å². The Kier molecular flexibility index (Phi) is 2.41. The molecule has 4 atom stereocenters. The summed E-state index contributed by atoms with van der Waals surface area (Å²) >= 11 is 1.79. The first-order chi connectivity index (χ1) is 7.34. The molecule has 0 spiro atoms. The maximum Gasteiger partial charge on any atom is 0.0302 e. The van der Waals surface area contributed by atoms with Gasteiger partial charge < -0.3 is 5.32 Å². The Morgan fingerprint density at radius 3 is 3.20 bits per heavy atom. The smallest absolute Gasteiger partial charge is 0.0302 e. The Morgan fingerprint density at radius 2 is 2.47 bits per heavy atom. The van der Waals surface area contributed by atoms with Crippen LogP contribution in [0.5, 0.6) is 0 Å². The van der Waals surface area contributed by atoms with Crippen LogP contribution in [-0.2, 0) is 0 Å². The van der Waals surface area contributed by atoms with Gasteiger partial charge in [-0.25, -0.2) is 0 Å². The quantitative estimate of drug-likeness (QED) is 0.769. The van der Waals surface area contributed by atoms with E-state index in [4.69, 9.17) is 0 Å². The van der Waals surface area contributed by atoms with Crippen LogP contribution in [0.15, 0.2) is 29.0 Å². The molecule has 0 aromatic carbocycles. The molecule has 1 N–H and O–H groups in total. The van der Waals surface area contributed by atoms with E-state index in [2.05, 4.69) is 41.2 Å². The van der Waals surface area contributed by atoms with Crippen molar-refractivity contribution < 1.29 is 0 Å². The van der Waals surface area contributed by atoms with Gasteiger partial charge in [-0.1, -0.05) is 12.2 Å². The topological polar surface area (TPSA) is 12.0 Å². The molecule has 0 radical (unpaired) electrons. The van der Waals surface area contributed by atoms with Gasteiger partial charge in [0.25, 0.3) is 0 Å². The van der Waals surface area contributed by atoms with Gasteiger partial charge in [-0.2, -0.15) is 11.3 Å². The van der Waals surface area contributed by atoms with Crippen molar-refractivity contribution in [1.29, 1.82) is 0 Å². The maximum atomic E-state index is 3.75. The molecule has 0 saturated heterocycles. The molecule has 3 rings (SSSR count). The highest BCUT2D eigenvalue weighted by molar-refractivity contribution is 7.07. The summed E-state index contributed by atoms with van der Waals surface area (Å²) in [6.45, 7) is 2.27. The van der Waals surface area contributed by atoms with E-state index in [9.17, 15) is 0 Å². The summed E-state index contributed by atoms with van der Waals surface area (Å²) in [6.07, 6.45) is 7.44. The summed E-state index contributed by atoms with van der Waals surface area (Å²) in [5.41, 5.74) is 1.44. The summed E-state index contributed by atoms with van der Waals surface area (Å²) in [5, 5.41) is 8.15. The van der Waals surface area contributed by atoms with E-state index in [1.54, 1.807) is 11.3 Å². The lowest BCUT2D eigenvalue weighted by Gasteiger charge is -2.42. The predicted octanol–water partition coefficient (Wildman–Crippen LogP) is 3.36. The minimum absolute atomic E-state index is 0.510. The van der Waals surface area contributed by atoms with Gasteiger partial charge in [0.1, 0.15) is 0 Å². The average molecular weight is 219 g/mol. The van der Waals surface area contributed by atoms with Crippen LogP contribution in [0.1, 0.15) is 31.4 Å². The van der Waals surface area contributed by atoms with Crippen molar-refractivity contribution in [3.63, 3.8) is 0 Å². The van der Waals surface area contributed by atoms with Crippen molar-refractivity contribution in [3.05, 3.63) is 34.5 Å². The average Bonchev–Trinajstić information content (AvgIpc) is 2.82. The molecule has 0 bridgehead atoms. The van der Waals surface area contributed by atoms with Crippen LogP contribution in [0.25, 0.3) is 0 Å². The van der Waals surface area contributed by atoms with Crippen LogP contribution >= 0.6 is 11.3 Å². The second-order valence-corrected chi connectivity index (χ2v) is 5.57. The summed E-state index contributed by atoms with van der Waals surface area (Å²) in [7, 11) is 0. The number of hydrogen-bond donors (Lipinski definition) is 1. The van der Waals surface area contributed by atoms with Gasteiger partial charge in [0, 0.05) is 12.1 Å². The van der Waals surface area contributed by atoms with Crippen LogP contribution in [0.4, 0.5) is 0 Å². The fraction of sp³-hybridized carbons (Fsp3) is 0.538. The largest absolute Gasteiger partial charge is 0.307 e. The molecule has 1 heterocycles. The van der Waals surface area contributed by atoms with Gasteiger partial charge in [0.05, 0.1) is 0 Å². The third-order valence-corrected chi connectivity index (χ3v) is 4.57. The standard InChI is InChI=1S/C13H17NS/c1-9(11-5-6-15-8-11)14-13-7-10-3-2-4-12(10)13/h2,4-6,8-10,12-14H,3,7H2,1H3. The van der Waals surface area contributed by atoms with Crippen LogP contribution in [-0.4, -0.2) is 6.04 Å². The normalized spacial score (nSPS) is 34.9. The first-order valence-electron chi connectivity index (χ1n) is 5.79. The van der Waals surface area contributed by atoms with E-state index in [-0.39, 0.29) is 0 Å². The van der Waals surface area contributed by atoms with Crippen molar-refractivity contribution in [1.82, 2.24) is 5.32 Å². The summed E-state index contributed by atoms with van der Waals surface area (Å²) < 4.78 is 0. The molecule has 0 amide bonds. The lowest BCUT2D eigenvalue weighted by atomic mass is 9.71. The van der Waals surface area contributed by atoms with Crippen molar-refractivity contribution in [2.24, 2.45) is 11.8 Å². The molecule has 4 unspecified atom stereocenters. The lowest BCUT2D eigenvalue weighted by Crippen LogP contribution is -2.48. The second kappa shape index (κ2) is 3.76. The Hall–Kier alpha value is -0.600. The minimum atomic E-state index is 0.510. The molecule has 0 aliphatic heterocycles. The van der Waals surface area contributed by atoms with E-state index in [1.165, 1.54) is 18.4 Å². The highest BCUT2D eigenvalue weighted by Crippen LogP contribution is 2.43. The lowest BCUT2D eigenvalue weighted by molar-refractivity contribution is 0.152. The van der Waals surface area contributed by atoms with Gasteiger partial charge >= 0.3 is 0 Å². The fourth-order valence-electron chi connectivity index (χ4n) is 2.85. The molecule has 1 nitrogen and oxygen atoms in total. The predicted molar refractivity (Wildman–Crippen MR) is 65.0 cm³/mol. The van der Waals surface area contributed by atoms with Gasteiger partial charge in [-0.3, -0.25) is 0 Å². The Balaban J connectivity index is 1.60. The summed E-state index contributed by atoms with van der Waals surface area (Å²) in [6, 6.07) is 3.46. The number of fused-ring (bicyclic) bond motifs is 1. The molecule has 1 saturated carbocycles. The zero-order valence-corrected chi connectivity index (χ0v) is 9.84. The molecular weight excluding hydrogens is 202 g/mol.